The monoisotopic (exact) mass is 1140 g/mol. The SMILES string of the molecule is CCOC(=O)N(C)c1cnc(Cl)nc1N.CCOC(=O)Nc1cnc(Cl)nc1N.Cn1c(=O)[nH]c2nc(Cl)ncc21.Nc1cnc(Cl)nc1N.Nc1nc(Cl)ncc1[N+](=O)[O-].O=[N+]([O-])c1cnc(Cl)nc1Cl. The van der Waals surface area contributed by atoms with Gasteiger partial charge in [0.25, 0.3) is 0 Å². The first-order valence-corrected chi connectivity index (χ1v) is 21.2. The summed E-state index contributed by atoms with van der Waals surface area (Å²) in [6.45, 7) is 3.98. The number of carbonyl (C=O) groups excluding carboxylic acids is 2. The largest absolute Gasteiger partial charge is 0.450 e. The number of anilines is 7. The second-order valence-electron chi connectivity index (χ2n) is 12.0. The van der Waals surface area contributed by atoms with Gasteiger partial charge in [0.2, 0.25) is 42.7 Å². The molecule has 7 aromatic rings. The van der Waals surface area contributed by atoms with Crippen LogP contribution in [0, 0.1) is 20.2 Å². The zero-order chi connectivity index (χ0) is 54.4. The maximum Gasteiger partial charge on any atom is 0.414 e. The van der Waals surface area contributed by atoms with Crippen molar-refractivity contribution in [2.24, 2.45) is 7.05 Å². The third kappa shape index (κ3) is 19.9. The number of hydrogen-bond donors (Lipinski definition) is 7. The molecule has 0 bridgehead atoms. The van der Waals surface area contributed by atoms with Crippen LogP contribution in [0.5, 0.6) is 0 Å². The number of nitrogen functional groups attached to an aromatic ring is 5. The van der Waals surface area contributed by atoms with E-state index in [9.17, 15) is 34.6 Å². The Morgan fingerprint density at radius 3 is 1.60 bits per heavy atom. The molecular formula is C33H34Cl7N23O9. The summed E-state index contributed by atoms with van der Waals surface area (Å²) in [7, 11) is 3.15. The third-order valence-corrected chi connectivity index (χ3v) is 8.65. The van der Waals surface area contributed by atoms with Gasteiger partial charge >= 0.3 is 29.3 Å². The average Bonchev–Trinajstić information content (AvgIpc) is 3.57. The minimum Gasteiger partial charge on any atom is -0.450 e. The predicted octanol–water partition coefficient (Wildman–Crippen LogP) is 5.50. The minimum atomic E-state index is -0.682. The van der Waals surface area contributed by atoms with Crippen LogP contribution >= 0.6 is 81.2 Å². The van der Waals surface area contributed by atoms with E-state index in [1.54, 1.807) is 20.9 Å². The zero-order valence-electron chi connectivity index (χ0n) is 36.7. The number of nitrogens with zero attached hydrogens (tertiary/aromatic N) is 16. The second kappa shape index (κ2) is 29.3. The molecule has 0 fully saturated rings. The Morgan fingerprint density at radius 1 is 0.653 bits per heavy atom. The molecular weight excluding hydrogens is 1110 g/mol. The van der Waals surface area contributed by atoms with Crippen LogP contribution in [0.15, 0.2) is 42.0 Å². The van der Waals surface area contributed by atoms with Crippen molar-refractivity contribution in [1.29, 1.82) is 0 Å². The Labute approximate surface area is 437 Å². The van der Waals surface area contributed by atoms with Gasteiger partial charge < -0.3 is 38.1 Å². The van der Waals surface area contributed by atoms with Crippen LogP contribution in [-0.2, 0) is 16.5 Å². The summed E-state index contributed by atoms with van der Waals surface area (Å²) in [5, 5.41) is 22.5. The van der Waals surface area contributed by atoms with Crippen molar-refractivity contribution in [2.45, 2.75) is 13.8 Å². The molecule has 0 aliphatic rings. The molecule has 12 N–H and O–H groups in total. The number of nitrogens with one attached hydrogen (secondary N) is 2. The predicted molar refractivity (Wildman–Crippen MR) is 266 cm³/mol. The summed E-state index contributed by atoms with van der Waals surface area (Å²) in [5.41, 5.74) is 27.9. The van der Waals surface area contributed by atoms with Crippen molar-refractivity contribution >= 4 is 156 Å². The topological polar surface area (TPSA) is 477 Å². The number of aromatic amines is 1. The van der Waals surface area contributed by atoms with Gasteiger partial charge in [-0.2, -0.15) is 29.9 Å². The molecule has 39 heteroatoms. The molecule has 0 saturated heterocycles. The summed E-state index contributed by atoms with van der Waals surface area (Å²) in [5.74, 6) is 0.216. The molecule has 0 aliphatic heterocycles. The summed E-state index contributed by atoms with van der Waals surface area (Å²) < 4.78 is 10.8. The van der Waals surface area contributed by atoms with Crippen LogP contribution in [-0.4, -0.2) is 112 Å². The molecule has 0 unspecified atom stereocenters. The maximum absolute atomic E-state index is 11.3. The zero-order valence-corrected chi connectivity index (χ0v) is 42.0. The number of rotatable bonds is 6. The number of nitrogens with two attached hydrogens (primary N) is 5. The number of ether oxygens (including phenoxy) is 2. The van der Waals surface area contributed by atoms with Crippen molar-refractivity contribution in [3.8, 4) is 0 Å². The summed E-state index contributed by atoms with van der Waals surface area (Å²) in [6, 6.07) is 0. The molecule has 0 aromatic carbocycles. The standard InChI is InChI=1S/C8H11ClN4O2.C7H9ClN4O2.C6H5ClN4O.C4HCl2N3O2.C4H3ClN4O2.C4H5ClN4/c1-3-15-8(14)13(2)5-4-11-7(9)12-6(5)10;1-2-14-7(13)11-4-3-10-6(8)12-5(4)9;1-11-3-2-8-5(7)9-4(3)10-6(11)12;5-3-2(9(10)11)1-7-4(6)8-3;5-4-7-1-2(9(10)11)3(6)8-4;5-4-8-1-2(6)3(7)9-4/h4H,3H2,1-2H3,(H2,10,11,12);3H,2H2,1H3,(H,11,13)(H2,9,10,12);2H,1H3,(H,8,9,10,12);1H;1H,(H2,6,7,8);1H,6H2,(H2,7,8,9). The van der Waals surface area contributed by atoms with E-state index in [1.807, 2.05) is 0 Å². The fourth-order valence-electron chi connectivity index (χ4n) is 4.02. The highest BCUT2D eigenvalue weighted by Crippen LogP contribution is 2.22. The average molecular weight is 1140 g/mol. The number of fused-ring (bicyclic) bond motifs is 1. The third-order valence-electron chi connectivity index (χ3n) is 7.28. The maximum atomic E-state index is 11.3. The van der Waals surface area contributed by atoms with Crippen molar-refractivity contribution in [3.05, 3.63) is 105 Å². The molecule has 7 rings (SSSR count). The molecule has 0 atom stereocenters. The quantitative estimate of drug-likeness (QED) is 0.0467. The Bertz CT molecular complexity index is 3010. The molecule has 0 aliphatic carbocycles. The summed E-state index contributed by atoms with van der Waals surface area (Å²) in [6.07, 6.45) is 6.33. The first-order valence-electron chi connectivity index (χ1n) is 18.6. The number of H-pyrrole nitrogens is 1. The smallest absolute Gasteiger partial charge is 0.414 e. The Hall–Kier alpha value is -7.88. The second-order valence-corrected chi connectivity index (χ2v) is 14.4. The Morgan fingerprint density at radius 2 is 1.11 bits per heavy atom. The van der Waals surface area contributed by atoms with Gasteiger partial charge in [-0.1, -0.05) is 11.6 Å². The summed E-state index contributed by atoms with van der Waals surface area (Å²) in [4.78, 5) is 99.1. The van der Waals surface area contributed by atoms with Crippen molar-refractivity contribution in [2.75, 3.05) is 59.1 Å². The molecule has 0 radical (unpaired) electrons. The number of carbonyl (C=O) groups is 2. The van der Waals surface area contributed by atoms with Crippen molar-refractivity contribution in [1.82, 2.24) is 69.4 Å². The van der Waals surface area contributed by atoms with Crippen LogP contribution in [0.2, 0.25) is 36.9 Å². The lowest BCUT2D eigenvalue weighted by Crippen LogP contribution is -2.28. The lowest BCUT2D eigenvalue weighted by Gasteiger charge is -2.16. The molecule has 7 aromatic heterocycles. The number of aryl methyl sites for hydroxylation is 1. The van der Waals surface area contributed by atoms with Gasteiger partial charge in [-0.3, -0.25) is 40.0 Å². The molecule has 2 amide bonds. The number of imidazole rings is 1. The van der Waals surface area contributed by atoms with Crippen LogP contribution in [0.1, 0.15) is 13.8 Å². The highest BCUT2D eigenvalue weighted by molar-refractivity contribution is 6.33. The lowest BCUT2D eigenvalue weighted by atomic mass is 10.4. The van der Waals surface area contributed by atoms with E-state index in [1.165, 1.54) is 41.3 Å². The Kier molecular flexibility index (Phi) is 24.5. The van der Waals surface area contributed by atoms with E-state index in [2.05, 4.69) is 74.8 Å². The normalized spacial score (nSPS) is 9.82. The van der Waals surface area contributed by atoms with Gasteiger partial charge in [0.1, 0.15) is 29.3 Å². The molecule has 0 spiro atoms. The van der Waals surface area contributed by atoms with E-state index in [4.69, 9.17) is 115 Å². The van der Waals surface area contributed by atoms with Crippen LogP contribution in [0.25, 0.3) is 11.2 Å². The van der Waals surface area contributed by atoms with E-state index < -0.39 is 22.0 Å². The number of aromatic nitrogens is 14. The number of hydrogen-bond acceptors (Lipinski definition) is 26. The van der Waals surface area contributed by atoms with Gasteiger partial charge in [-0.25, -0.2) is 44.3 Å². The van der Waals surface area contributed by atoms with Crippen molar-refractivity contribution < 1.29 is 28.9 Å². The number of halogens is 7. The van der Waals surface area contributed by atoms with Gasteiger partial charge in [-0.05, 0) is 83.5 Å². The van der Waals surface area contributed by atoms with Gasteiger partial charge in [0, 0.05) is 14.1 Å². The molecule has 384 valence electrons. The van der Waals surface area contributed by atoms with Crippen molar-refractivity contribution in [3.63, 3.8) is 0 Å². The number of nitro groups is 2. The van der Waals surface area contributed by atoms with Crippen LogP contribution < -0.4 is 44.6 Å². The highest BCUT2D eigenvalue weighted by Gasteiger charge is 2.17. The number of amides is 2. The van der Waals surface area contributed by atoms with E-state index in [0.29, 0.717) is 22.5 Å². The van der Waals surface area contributed by atoms with E-state index in [-0.39, 0.29) is 96.1 Å². The van der Waals surface area contributed by atoms with E-state index in [0.717, 1.165) is 12.4 Å². The minimum absolute atomic E-state index is 0.0249. The first kappa shape index (κ1) is 60.2. The van der Waals surface area contributed by atoms with E-state index >= 15 is 0 Å². The summed E-state index contributed by atoms with van der Waals surface area (Å²) >= 11 is 37.8. The molecule has 72 heavy (non-hydrogen) atoms. The van der Waals surface area contributed by atoms with Crippen LogP contribution in [0.4, 0.5) is 61.3 Å². The fraction of sp³-hybridized carbons (Fsp3) is 0.182. The first-order chi connectivity index (χ1) is 33.8. The van der Waals surface area contributed by atoms with Crippen LogP contribution in [0.3, 0.4) is 0 Å². The molecule has 32 nitrogen and oxygen atoms in total. The van der Waals surface area contributed by atoms with Gasteiger partial charge in [-0.15, -0.1) is 0 Å². The fourth-order valence-corrected chi connectivity index (χ4v) is 5.09. The Balaban J connectivity index is 0.000000298. The lowest BCUT2D eigenvalue weighted by molar-refractivity contribution is -0.385. The molecule has 7 heterocycles. The van der Waals surface area contributed by atoms with Gasteiger partial charge in [0.15, 0.2) is 23.1 Å². The molecule has 0 saturated carbocycles. The highest BCUT2D eigenvalue weighted by atomic mass is 35.5. The van der Waals surface area contributed by atoms with Gasteiger partial charge in [0.05, 0.1) is 53.5 Å².